The van der Waals surface area contributed by atoms with Gasteiger partial charge in [-0.25, -0.2) is 9.67 Å². The SMILES string of the molecule is Cc1cc(C(=O)NC(c2nc(C3CC3)no2)C(C)C)c2cnn(Cc3cccs3)c2n1. The van der Waals surface area contributed by atoms with Crippen LogP contribution in [0, 0.1) is 12.8 Å². The Morgan fingerprint density at radius 3 is 2.90 bits per heavy atom. The van der Waals surface area contributed by atoms with E-state index in [4.69, 9.17) is 4.52 Å². The molecule has 160 valence electrons. The smallest absolute Gasteiger partial charge is 0.252 e. The van der Waals surface area contributed by atoms with Crippen molar-refractivity contribution in [2.45, 2.75) is 52.1 Å². The number of amides is 1. The maximum absolute atomic E-state index is 13.3. The molecule has 8 nitrogen and oxygen atoms in total. The van der Waals surface area contributed by atoms with Crippen LogP contribution in [0.25, 0.3) is 11.0 Å². The highest BCUT2D eigenvalue weighted by Crippen LogP contribution is 2.38. The molecule has 4 aromatic rings. The molecule has 1 fully saturated rings. The summed E-state index contributed by atoms with van der Waals surface area (Å²) in [5.41, 5.74) is 2.02. The molecule has 31 heavy (non-hydrogen) atoms. The zero-order chi connectivity index (χ0) is 21.5. The number of carbonyl (C=O) groups excluding carboxylic acids is 1. The number of hydrogen-bond acceptors (Lipinski definition) is 7. The number of nitrogens with one attached hydrogen (secondary N) is 1. The number of carbonyl (C=O) groups is 1. The number of aromatic nitrogens is 5. The molecule has 0 radical (unpaired) electrons. The van der Waals surface area contributed by atoms with Crippen molar-refractivity contribution in [3.05, 3.63) is 57.6 Å². The fourth-order valence-corrected chi connectivity index (χ4v) is 4.33. The van der Waals surface area contributed by atoms with Gasteiger partial charge in [0.1, 0.15) is 6.04 Å². The summed E-state index contributed by atoms with van der Waals surface area (Å²) >= 11 is 1.67. The molecule has 4 heterocycles. The van der Waals surface area contributed by atoms with Crippen LogP contribution in [0.5, 0.6) is 0 Å². The lowest BCUT2D eigenvalue weighted by Gasteiger charge is -2.19. The first-order valence-corrected chi connectivity index (χ1v) is 11.4. The third-order valence-electron chi connectivity index (χ3n) is 5.49. The van der Waals surface area contributed by atoms with E-state index >= 15 is 0 Å². The van der Waals surface area contributed by atoms with Crippen molar-refractivity contribution in [1.29, 1.82) is 0 Å². The van der Waals surface area contributed by atoms with Crippen LogP contribution in [0.3, 0.4) is 0 Å². The summed E-state index contributed by atoms with van der Waals surface area (Å²) in [6.45, 7) is 6.56. The normalized spacial score (nSPS) is 15.0. The highest BCUT2D eigenvalue weighted by atomic mass is 32.1. The standard InChI is InChI=1S/C22H24N6O2S/c1-12(2)18(22-26-19(27-30-22)14-6-7-14)25-21(29)16-9-13(3)24-20-17(16)10-23-28(20)11-15-5-4-8-31-15/h4-5,8-10,12,14,18H,6-7,11H2,1-3H3,(H,25,29). The maximum atomic E-state index is 13.3. The topological polar surface area (TPSA) is 98.7 Å². The van der Waals surface area contributed by atoms with Crippen LogP contribution in [0.1, 0.15) is 71.3 Å². The van der Waals surface area contributed by atoms with Gasteiger partial charge in [-0.1, -0.05) is 25.1 Å². The lowest BCUT2D eigenvalue weighted by atomic mass is 10.0. The van der Waals surface area contributed by atoms with Crippen molar-refractivity contribution in [1.82, 2.24) is 30.2 Å². The fourth-order valence-electron chi connectivity index (χ4n) is 3.64. The quantitative estimate of drug-likeness (QED) is 0.465. The highest BCUT2D eigenvalue weighted by molar-refractivity contribution is 7.09. The largest absolute Gasteiger partial charge is 0.340 e. The number of thiophene rings is 1. The predicted molar refractivity (Wildman–Crippen MR) is 117 cm³/mol. The van der Waals surface area contributed by atoms with Crippen LogP contribution < -0.4 is 5.32 Å². The predicted octanol–water partition coefficient (Wildman–Crippen LogP) is 4.24. The molecule has 0 spiro atoms. The van der Waals surface area contributed by atoms with Crippen LogP contribution in [0.15, 0.2) is 34.3 Å². The van der Waals surface area contributed by atoms with Gasteiger partial charge in [0.25, 0.3) is 5.91 Å². The van der Waals surface area contributed by atoms with Crippen molar-refractivity contribution in [3.8, 4) is 0 Å². The van der Waals surface area contributed by atoms with Crippen LogP contribution in [-0.2, 0) is 6.54 Å². The molecule has 0 bridgehead atoms. The molecule has 4 aromatic heterocycles. The molecule has 0 aromatic carbocycles. The fraction of sp³-hybridized carbons (Fsp3) is 0.409. The summed E-state index contributed by atoms with van der Waals surface area (Å²) in [6, 6.07) is 5.52. The zero-order valence-corrected chi connectivity index (χ0v) is 18.5. The zero-order valence-electron chi connectivity index (χ0n) is 17.7. The first-order chi connectivity index (χ1) is 15.0. The second-order valence-electron chi connectivity index (χ2n) is 8.39. The molecule has 1 unspecified atom stereocenters. The summed E-state index contributed by atoms with van der Waals surface area (Å²) in [7, 11) is 0. The van der Waals surface area contributed by atoms with Crippen molar-refractivity contribution in [2.75, 3.05) is 0 Å². The summed E-state index contributed by atoms with van der Waals surface area (Å²) in [4.78, 5) is 23.7. The Morgan fingerprint density at radius 1 is 1.35 bits per heavy atom. The van der Waals surface area contributed by atoms with E-state index in [1.54, 1.807) is 23.6 Å². The van der Waals surface area contributed by atoms with Crippen molar-refractivity contribution < 1.29 is 9.32 Å². The molecule has 1 saturated carbocycles. The lowest BCUT2D eigenvalue weighted by Crippen LogP contribution is -2.32. The summed E-state index contributed by atoms with van der Waals surface area (Å²) in [5.74, 6) is 1.50. The third-order valence-corrected chi connectivity index (χ3v) is 6.35. The van der Waals surface area contributed by atoms with E-state index in [1.165, 1.54) is 4.88 Å². The first kappa shape index (κ1) is 19.9. The Balaban J connectivity index is 1.44. The molecular weight excluding hydrogens is 412 g/mol. The lowest BCUT2D eigenvalue weighted by molar-refractivity contribution is 0.0915. The van der Waals surface area contributed by atoms with Crippen molar-refractivity contribution >= 4 is 28.3 Å². The molecule has 5 rings (SSSR count). The minimum Gasteiger partial charge on any atom is -0.340 e. The number of fused-ring (bicyclic) bond motifs is 1. The first-order valence-electron chi connectivity index (χ1n) is 10.5. The third kappa shape index (κ3) is 3.97. The van der Waals surface area contributed by atoms with Gasteiger partial charge in [-0.3, -0.25) is 4.79 Å². The van der Waals surface area contributed by atoms with E-state index in [0.29, 0.717) is 29.6 Å². The van der Waals surface area contributed by atoms with Crippen LogP contribution in [-0.4, -0.2) is 30.8 Å². The Kier molecular flexibility index (Phi) is 5.05. The van der Waals surface area contributed by atoms with E-state index in [-0.39, 0.29) is 17.9 Å². The van der Waals surface area contributed by atoms with Gasteiger partial charge in [-0.15, -0.1) is 11.3 Å². The van der Waals surface area contributed by atoms with Crippen LogP contribution in [0.2, 0.25) is 0 Å². The molecule has 1 atom stereocenters. The van der Waals surface area contributed by atoms with E-state index in [1.807, 2.05) is 36.9 Å². The second-order valence-corrected chi connectivity index (χ2v) is 9.42. The summed E-state index contributed by atoms with van der Waals surface area (Å²) in [6.07, 6.45) is 3.91. The van der Waals surface area contributed by atoms with Gasteiger partial charge in [0.15, 0.2) is 11.5 Å². The Bertz CT molecular complexity index is 1220. The van der Waals surface area contributed by atoms with E-state index in [9.17, 15) is 4.79 Å². The average Bonchev–Trinajstić information content (AvgIpc) is 3.13. The van der Waals surface area contributed by atoms with E-state index in [0.717, 1.165) is 29.7 Å². The average molecular weight is 437 g/mol. The molecule has 1 aliphatic carbocycles. The number of hydrogen-bond donors (Lipinski definition) is 1. The van der Waals surface area contributed by atoms with Gasteiger partial charge in [-0.2, -0.15) is 10.1 Å². The van der Waals surface area contributed by atoms with Crippen LogP contribution >= 0.6 is 11.3 Å². The number of rotatable bonds is 7. The molecular formula is C22H24N6O2S. The van der Waals surface area contributed by atoms with Gasteiger partial charge in [0.2, 0.25) is 5.89 Å². The number of aryl methyl sites for hydroxylation is 1. The molecule has 9 heteroatoms. The van der Waals surface area contributed by atoms with E-state index in [2.05, 4.69) is 31.6 Å². The molecule has 1 aliphatic rings. The Labute approximate surface area is 183 Å². The second kappa shape index (κ2) is 7.88. The van der Waals surface area contributed by atoms with Gasteiger partial charge < -0.3 is 9.84 Å². The van der Waals surface area contributed by atoms with Crippen LogP contribution in [0.4, 0.5) is 0 Å². The maximum Gasteiger partial charge on any atom is 0.252 e. The molecule has 0 saturated heterocycles. The van der Waals surface area contributed by atoms with Crippen molar-refractivity contribution in [3.63, 3.8) is 0 Å². The molecule has 0 aliphatic heterocycles. The Morgan fingerprint density at radius 2 is 2.19 bits per heavy atom. The van der Waals surface area contributed by atoms with Gasteiger partial charge >= 0.3 is 0 Å². The highest BCUT2D eigenvalue weighted by Gasteiger charge is 2.32. The summed E-state index contributed by atoms with van der Waals surface area (Å²) < 4.78 is 7.33. The minimum atomic E-state index is -0.364. The van der Waals surface area contributed by atoms with Gasteiger partial charge in [-0.05, 0) is 43.2 Å². The van der Waals surface area contributed by atoms with Gasteiger partial charge in [0, 0.05) is 16.5 Å². The number of pyridine rings is 1. The van der Waals surface area contributed by atoms with E-state index < -0.39 is 0 Å². The summed E-state index contributed by atoms with van der Waals surface area (Å²) in [5, 5.41) is 14.5. The minimum absolute atomic E-state index is 0.0939. The molecule has 1 N–H and O–H groups in total. The van der Waals surface area contributed by atoms with Gasteiger partial charge in [0.05, 0.1) is 23.7 Å². The monoisotopic (exact) mass is 436 g/mol. The molecule has 1 amide bonds. The number of nitrogens with zero attached hydrogens (tertiary/aromatic N) is 5. The van der Waals surface area contributed by atoms with Crippen molar-refractivity contribution in [2.24, 2.45) is 5.92 Å². The Hall–Kier alpha value is -3.07.